The molecule has 1 saturated carbocycles. The summed E-state index contributed by atoms with van der Waals surface area (Å²) in [5.41, 5.74) is 1.70. The van der Waals surface area contributed by atoms with Gasteiger partial charge in [-0.2, -0.15) is 0 Å². The van der Waals surface area contributed by atoms with Gasteiger partial charge in [0.25, 0.3) is 0 Å². The van der Waals surface area contributed by atoms with Crippen LogP contribution < -0.4 is 4.74 Å². The molecule has 0 spiro atoms. The van der Waals surface area contributed by atoms with Crippen molar-refractivity contribution in [3.8, 4) is 22.8 Å². The molecule has 0 bridgehead atoms. The fourth-order valence-corrected chi connectivity index (χ4v) is 4.72. The lowest BCUT2D eigenvalue weighted by molar-refractivity contribution is -0.119. The Morgan fingerprint density at radius 3 is 2.61 bits per heavy atom. The highest BCUT2D eigenvalue weighted by atomic mass is 35.5. The summed E-state index contributed by atoms with van der Waals surface area (Å²) in [6, 6.07) is 15.3. The zero-order valence-corrected chi connectivity index (χ0v) is 17.0. The Bertz CT molecular complexity index is 988. The molecule has 5 nitrogen and oxygen atoms in total. The maximum Gasteiger partial charge on any atom is 0.196 e. The van der Waals surface area contributed by atoms with E-state index in [9.17, 15) is 4.79 Å². The molecule has 1 fully saturated rings. The number of benzene rings is 2. The van der Waals surface area contributed by atoms with Gasteiger partial charge >= 0.3 is 0 Å². The molecule has 0 saturated heterocycles. The van der Waals surface area contributed by atoms with Crippen molar-refractivity contribution in [2.24, 2.45) is 0 Å². The number of ether oxygens (including phenoxy) is 1. The summed E-state index contributed by atoms with van der Waals surface area (Å²) >= 11 is 7.92. The van der Waals surface area contributed by atoms with E-state index in [4.69, 9.17) is 16.3 Å². The average Bonchev–Trinajstić information content (AvgIpc) is 3.13. The summed E-state index contributed by atoms with van der Waals surface area (Å²) in [5, 5.41) is 10.1. The highest BCUT2D eigenvalue weighted by Crippen LogP contribution is 2.36. The Hall–Kier alpha value is -2.31. The van der Waals surface area contributed by atoms with Crippen LogP contribution in [0.25, 0.3) is 17.1 Å². The van der Waals surface area contributed by atoms with Crippen LogP contribution in [0.4, 0.5) is 0 Å². The van der Waals surface area contributed by atoms with E-state index in [-0.39, 0.29) is 5.25 Å². The van der Waals surface area contributed by atoms with Crippen molar-refractivity contribution in [3.05, 3.63) is 53.6 Å². The number of halogens is 1. The topological polar surface area (TPSA) is 57.0 Å². The van der Waals surface area contributed by atoms with Gasteiger partial charge in [0.2, 0.25) is 0 Å². The van der Waals surface area contributed by atoms with Crippen molar-refractivity contribution in [3.63, 3.8) is 0 Å². The van der Waals surface area contributed by atoms with Crippen LogP contribution in [0.3, 0.4) is 0 Å². The summed E-state index contributed by atoms with van der Waals surface area (Å²) in [7, 11) is 1.64. The fourth-order valence-electron chi connectivity index (χ4n) is 3.33. The van der Waals surface area contributed by atoms with E-state index >= 15 is 0 Å². The van der Waals surface area contributed by atoms with Gasteiger partial charge in [-0.05, 0) is 49.2 Å². The first-order valence-corrected chi connectivity index (χ1v) is 10.5. The molecule has 1 aliphatic carbocycles. The lowest BCUT2D eigenvalue weighted by atomic mass is 9.99. The van der Waals surface area contributed by atoms with Crippen LogP contribution in [-0.2, 0) is 4.79 Å². The number of methoxy groups -OCH3 is 1. The number of rotatable bonds is 5. The molecule has 3 aromatic rings. The number of carbonyl (C=O) groups is 1. The van der Waals surface area contributed by atoms with Gasteiger partial charge < -0.3 is 4.74 Å². The number of Topliss-reactive ketones (excluding diaryl/α,β-unsaturated/α-hetero) is 1. The van der Waals surface area contributed by atoms with Gasteiger partial charge in [0.05, 0.1) is 17.4 Å². The van der Waals surface area contributed by atoms with Crippen LogP contribution >= 0.6 is 23.4 Å². The highest BCUT2D eigenvalue weighted by molar-refractivity contribution is 8.00. The third-order valence-electron chi connectivity index (χ3n) is 4.83. The molecular formula is C21H20ClN3O2S. The second-order valence-electron chi connectivity index (χ2n) is 6.64. The third kappa shape index (κ3) is 3.80. The standard InChI is InChI=1S/C21H20ClN3O2S/c1-27-15-12-10-14(11-13-15)25-20(16-6-2-3-7-17(16)22)23-24-21(25)28-19-9-5-4-8-18(19)26/h2-3,6-7,10-13,19H,4-5,8-9H2,1H3/t19-/m1/s1. The molecule has 1 atom stereocenters. The second kappa shape index (κ2) is 8.37. The third-order valence-corrected chi connectivity index (χ3v) is 6.41. The molecule has 1 aliphatic rings. The summed E-state index contributed by atoms with van der Waals surface area (Å²) < 4.78 is 7.24. The van der Waals surface area contributed by atoms with Gasteiger partial charge in [-0.25, -0.2) is 0 Å². The Kier molecular flexibility index (Phi) is 5.69. The van der Waals surface area contributed by atoms with Gasteiger partial charge in [0, 0.05) is 17.7 Å². The first-order valence-electron chi connectivity index (χ1n) is 9.21. The predicted molar refractivity (Wildman–Crippen MR) is 111 cm³/mol. The lowest BCUT2D eigenvalue weighted by Gasteiger charge is -2.20. The summed E-state index contributed by atoms with van der Waals surface area (Å²) in [5.74, 6) is 1.72. The number of hydrogen-bond donors (Lipinski definition) is 0. The van der Waals surface area contributed by atoms with E-state index in [1.165, 1.54) is 11.8 Å². The van der Waals surface area contributed by atoms with Gasteiger partial charge in [-0.15, -0.1) is 10.2 Å². The van der Waals surface area contributed by atoms with Crippen LogP contribution in [0.5, 0.6) is 5.75 Å². The molecule has 0 radical (unpaired) electrons. The van der Waals surface area contributed by atoms with Crippen molar-refractivity contribution in [2.75, 3.05) is 7.11 Å². The molecule has 0 N–H and O–H groups in total. The monoisotopic (exact) mass is 413 g/mol. The van der Waals surface area contributed by atoms with E-state index in [1.807, 2.05) is 53.1 Å². The number of aromatic nitrogens is 3. The maximum absolute atomic E-state index is 12.3. The Labute approximate surface area is 173 Å². The zero-order valence-electron chi connectivity index (χ0n) is 15.5. The smallest absolute Gasteiger partial charge is 0.196 e. The molecule has 28 heavy (non-hydrogen) atoms. The summed E-state index contributed by atoms with van der Waals surface area (Å²) in [6.45, 7) is 0. The van der Waals surface area contributed by atoms with Crippen molar-refractivity contribution >= 4 is 29.1 Å². The van der Waals surface area contributed by atoms with E-state index in [2.05, 4.69) is 10.2 Å². The molecule has 4 rings (SSSR count). The van der Waals surface area contributed by atoms with Gasteiger partial charge in [-0.3, -0.25) is 9.36 Å². The number of hydrogen-bond acceptors (Lipinski definition) is 5. The Morgan fingerprint density at radius 1 is 1.11 bits per heavy atom. The van der Waals surface area contributed by atoms with Crippen molar-refractivity contribution < 1.29 is 9.53 Å². The minimum atomic E-state index is -0.0750. The first-order chi connectivity index (χ1) is 13.7. The molecule has 7 heteroatoms. The molecule has 0 unspecified atom stereocenters. The Balaban J connectivity index is 1.79. The fraction of sp³-hybridized carbons (Fsp3) is 0.286. The average molecular weight is 414 g/mol. The SMILES string of the molecule is COc1ccc(-n2c(S[C@@H]3CCCCC3=O)nnc2-c2ccccc2Cl)cc1. The molecule has 0 amide bonds. The number of carbonyl (C=O) groups excluding carboxylic acids is 1. The normalized spacial score (nSPS) is 16.9. The number of thioether (sulfide) groups is 1. The van der Waals surface area contributed by atoms with Crippen LogP contribution in [0.15, 0.2) is 53.7 Å². The number of ketones is 1. The first kappa shape index (κ1) is 19.0. The zero-order chi connectivity index (χ0) is 19.5. The van der Waals surface area contributed by atoms with E-state index in [0.29, 0.717) is 28.2 Å². The second-order valence-corrected chi connectivity index (χ2v) is 8.22. The van der Waals surface area contributed by atoms with Crippen molar-refractivity contribution in [1.82, 2.24) is 14.8 Å². The highest BCUT2D eigenvalue weighted by Gasteiger charge is 2.27. The van der Waals surface area contributed by atoms with Gasteiger partial charge in [-0.1, -0.05) is 41.9 Å². The largest absolute Gasteiger partial charge is 0.497 e. The molecule has 1 aromatic heterocycles. The quantitative estimate of drug-likeness (QED) is 0.575. The maximum atomic E-state index is 12.3. The molecule has 0 aliphatic heterocycles. The molecule has 144 valence electrons. The van der Waals surface area contributed by atoms with Crippen LogP contribution in [0, 0.1) is 0 Å². The number of nitrogens with zero attached hydrogens (tertiary/aromatic N) is 3. The van der Waals surface area contributed by atoms with Crippen molar-refractivity contribution in [1.29, 1.82) is 0 Å². The summed E-state index contributed by atoms with van der Waals surface area (Å²) in [4.78, 5) is 12.3. The lowest BCUT2D eigenvalue weighted by Crippen LogP contribution is -2.21. The van der Waals surface area contributed by atoms with Gasteiger partial charge in [0.15, 0.2) is 11.0 Å². The van der Waals surface area contributed by atoms with Gasteiger partial charge in [0.1, 0.15) is 11.5 Å². The van der Waals surface area contributed by atoms with Crippen LogP contribution in [0.1, 0.15) is 25.7 Å². The Morgan fingerprint density at radius 2 is 1.89 bits per heavy atom. The van der Waals surface area contributed by atoms with E-state index in [0.717, 1.165) is 36.3 Å². The minimum absolute atomic E-state index is 0.0750. The molecule has 2 aromatic carbocycles. The van der Waals surface area contributed by atoms with Crippen LogP contribution in [-0.4, -0.2) is 32.9 Å². The van der Waals surface area contributed by atoms with E-state index in [1.54, 1.807) is 7.11 Å². The molecular weight excluding hydrogens is 394 g/mol. The van der Waals surface area contributed by atoms with Crippen molar-refractivity contribution in [2.45, 2.75) is 36.1 Å². The van der Waals surface area contributed by atoms with E-state index < -0.39 is 0 Å². The molecule has 1 heterocycles. The predicted octanol–water partition coefficient (Wildman–Crippen LogP) is 5.20. The van der Waals surface area contributed by atoms with Crippen LogP contribution in [0.2, 0.25) is 5.02 Å². The summed E-state index contributed by atoms with van der Waals surface area (Å²) in [6.07, 6.45) is 3.56. The minimum Gasteiger partial charge on any atom is -0.497 e.